The first-order chi connectivity index (χ1) is 14.4. The molecule has 0 spiro atoms. The van der Waals surface area contributed by atoms with Crippen molar-refractivity contribution in [1.29, 1.82) is 0 Å². The van der Waals surface area contributed by atoms with E-state index in [4.69, 9.17) is 5.73 Å². The molecule has 1 atom stereocenters. The summed E-state index contributed by atoms with van der Waals surface area (Å²) >= 11 is 1.62. The van der Waals surface area contributed by atoms with E-state index in [9.17, 15) is 9.59 Å². The van der Waals surface area contributed by atoms with Gasteiger partial charge in [-0.15, -0.1) is 0 Å². The van der Waals surface area contributed by atoms with Gasteiger partial charge in [0.1, 0.15) is 0 Å². The van der Waals surface area contributed by atoms with Crippen molar-refractivity contribution < 1.29 is 9.59 Å². The summed E-state index contributed by atoms with van der Waals surface area (Å²) in [5.74, 6) is -0.612. The fourth-order valence-corrected chi connectivity index (χ4v) is 3.88. The number of anilines is 2. The van der Waals surface area contributed by atoms with Crippen LogP contribution in [0.15, 0.2) is 59.3 Å². The van der Waals surface area contributed by atoms with Crippen molar-refractivity contribution in [3.8, 4) is 11.1 Å². The van der Waals surface area contributed by atoms with Crippen molar-refractivity contribution >= 4 is 34.5 Å². The van der Waals surface area contributed by atoms with Crippen molar-refractivity contribution in [2.24, 2.45) is 0 Å². The SMILES string of the molecule is CNC(=O)C(CN(C)C)c1ccc(C(=O)Nc2cc(-c3ccsc3)ccc2N)cc1. The van der Waals surface area contributed by atoms with Gasteiger partial charge >= 0.3 is 0 Å². The zero-order valence-corrected chi connectivity index (χ0v) is 18.1. The molecule has 1 aromatic heterocycles. The number of thiophene rings is 1. The van der Waals surface area contributed by atoms with Crippen LogP contribution < -0.4 is 16.4 Å². The topological polar surface area (TPSA) is 87.5 Å². The molecule has 2 aromatic carbocycles. The molecule has 1 heterocycles. The van der Waals surface area contributed by atoms with E-state index < -0.39 is 0 Å². The minimum absolute atomic E-state index is 0.0566. The first-order valence-corrected chi connectivity index (χ1v) is 10.5. The van der Waals surface area contributed by atoms with Gasteiger partial charge in [0.15, 0.2) is 0 Å². The molecular weight excluding hydrogens is 396 g/mol. The van der Waals surface area contributed by atoms with Crippen LogP contribution in [0.4, 0.5) is 11.4 Å². The third-order valence-corrected chi connectivity index (χ3v) is 5.53. The zero-order chi connectivity index (χ0) is 21.7. The van der Waals surface area contributed by atoms with Crippen LogP contribution in [0.1, 0.15) is 21.8 Å². The summed E-state index contributed by atoms with van der Waals surface area (Å²) in [6, 6.07) is 14.7. The van der Waals surface area contributed by atoms with Gasteiger partial charge in [-0.3, -0.25) is 9.59 Å². The van der Waals surface area contributed by atoms with Crippen LogP contribution in [0, 0.1) is 0 Å². The highest BCUT2D eigenvalue weighted by Crippen LogP contribution is 2.29. The molecule has 1 unspecified atom stereocenters. The smallest absolute Gasteiger partial charge is 0.255 e. The molecule has 0 aliphatic rings. The van der Waals surface area contributed by atoms with E-state index in [0.717, 1.165) is 16.7 Å². The zero-order valence-electron chi connectivity index (χ0n) is 17.3. The first-order valence-electron chi connectivity index (χ1n) is 9.58. The summed E-state index contributed by atoms with van der Waals surface area (Å²) in [6.07, 6.45) is 0. The molecule has 3 aromatic rings. The summed E-state index contributed by atoms with van der Waals surface area (Å²) in [7, 11) is 5.47. The van der Waals surface area contributed by atoms with Crippen LogP contribution in [-0.2, 0) is 4.79 Å². The molecule has 0 saturated carbocycles. The van der Waals surface area contributed by atoms with Crippen molar-refractivity contribution in [2.75, 3.05) is 38.7 Å². The largest absolute Gasteiger partial charge is 0.397 e. The van der Waals surface area contributed by atoms with Gasteiger partial charge in [-0.1, -0.05) is 18.2 Å². The van der Waals surface area contributed by atoms with Crippen LogP contribution in [0.5, 0.6) is 0 Å². The molecule has 0 radical (unpaired) electrons. The fraction of sp³-hybridized carbons (Fsp3) is 0.217. The second-order valence-corrected chi connectivity index (χ2v) is 8.10. The lowest BCUT2D eigenvalue weighted by Gasteiger charge is -2.20. The number of nitrogens with one attached hydrogen (secondary N) is 2. The molecule has 7 heteroatoms. The van der Waals surface area contributed by atoms with Crippen LogP contribution in [0.25, 0.3) is 11.1 Å². The number of hydrogen-bond acceptors (Lipinski definition) is 5. The molecule has 2 amide bonds. The molecule has 30 heavy (non-hydrogen) atoms. The number of carbonyl (C=O) groups excluding carboxylic acids is 2. The van der Waals surface area contributed by atoms with Gasteiger partial charge in [-0.05, 0) is 71.9 Å². The number of likely N-dealkylation sites (N-methyl/N-ethyl adjacent to an activating group) is 2. The molecule has 6 nitrogen and oxygen atoms in total. The molecule has 0 aliphatic carbocycles. The number of rotatable bonds is 7. The van der Waals surface area contributed by atoms with Crippen LogP contribution in [0.3, 0.4) is 0 Å². The maximum atomic E-state index is 12.8. The number of hydrogen-bond donors (Lipinski definition) is 3. The maximum Gasteiger partial charge on any atom is 0.255 e. The molecule has 0 fully saturated rings. The van der Waals surface area contributed by atoms with Gasteiger partial charge in [0.2, 0.25) is 5.91 Å². The number of amides is 2. The van der Waals surface area contributed by atoms with Crippen molar-refractivity contribution in [3.63, 3.8) is 0 Å². The third-order valence-electron chi connectivity index (χ3n) is 4.84. The maximum absolute atomic E-state index is 12.8. The lowest BCUT2D eigenvalue weighted by Crippen LogP contribution is -2.33. The van der Waals surface area contributed by atoms with Gasteiger partial charge in [0, 0.05) is 19.2 Å². The second-order valence-electron chi connectivity index (χ2n) is 7.32. The standard InChI is InChI=1S/C23H26N4O2S/c1-25-23(29)19(13-27(2)3)15-4-6-16(7-5-15)22(28)26-21-12-17(8-9-20(21)24)18-10-11-30-14-18/h4-12,14,19H,13,24H2,1-3H3,(H,25,29)(H,26,28). The van der Waals surface area contributed by atoms with Crippen molar-refractivity contribution in [2.45, 2.75) is 5.92 Å². The average Bonchev–Trinajstić information content (AvgIpc) is 3.28. The molecule has 0 bridgehead atoms. The molecule has 3 rings (SSSR count). The van der Waals surface area contributed by atoms with E-state index in [2.05, 4.69) is 10.6 Å². The van der Waals surface area contributed by atoms with Gasteiger partial charge in [-0.2, -0.15) is 11.3 Å². The quantitative estimate of drug-likeness (QED) is 0.507. The Morgan fingerprint density at radius 2 is 1.80 bits per heavy atom. The van der Waals surface area contributed by atoms with E-state index in [-0.39, 0.29) is 17.7 Å². The monoisotopic (exact) mass is 422 g/mol. The van der Waals surface area contributed by atoms with E-state index in [1.54, 1.807) is 36.6 Å². The minimum Gasteiger partial charge on any atom is -0.397 e. The normalized spacial score (nSPS) is 11.9. The van der Waals surface area contributed by atoms with Gasteiger partial charge < -0.3 is 21.3 Å². The number of benzene rings is 2. The Morgan fingerprint density at radius 1 is 1.07 bits per heavy atom. The fourth-order valence-electron chi connectivity index (χ4n) is 3.21. The number of nitrogens with two attached hydrogens (primary N) is 1. The summed E-state index contributed by atoms with van der Waals surface area (Å²) in [5.41, 5.74) is 10.6. The molecule has 4 N–H and O–H groups in total. The Balaban J connectivity index is 1.78. The average molecular weight is 423 g/mol. The van der Waals surface area contributed by atoms with Crippen molar-refractivity contribution in [1.82, 2.24) is 10.2 Å². The molecule has 156 valence electrons. The third kappa shape index (κ3) is 5.06. The van der Waals surface area contributed by atoms with Gasteiger partial charge in [0.05, 0.1) is 17.3 Å². The lowest BCUT2D eigenvalue weighted by atomic mass is 9.96. The van der Waals surface area contributed by atoms with Crippen molar-refractivity contribution in [3.05, 3.63) is 70.4 Å². The summed E-state index contributed by atoms with van der Waals surface area (Å²) < 4.78 is 0. The Kier molecular flexibility index (Phi) is 6.87. The number of nitrogen functional groups attached to an aromatic ring is 1. The van der Waals surface area contributed by atoms with E-state index in [1.165, 1.54) is 0 Å². The Bertz CT molecular complexity index is 1010. The van der Waals surface area contributed by atoms with Crippen LogP contribution in [0.2, 0.25) is 0 Å². The summed E-state index contributed by atoms with van der Waals surface area (Å²) in [4.78, 5) is 27.0. The summed E-state index contributed by atoms with van der Waals surface area (Å²) in [5, 5.41) is 9.66. The highest BCUT2D eigenvalue weighted by Gasteiger charge is 2.21. The number of carbonyl (C=O) groups is 2. The molecule has 0 aliphatic heterocycles. The Hall–Kier alpha value is -3.16. The summed E-state index contributed by atoms with van der Waals surface area (Å²) in [6.45, 7) is 0.580. The Morgan fingerprint density at radius 3 is 2.40 bits per heavy atom. The predicted molar refractivity (Wildman–Crippen MR) is 124 cm³/mol. The Labute approximate surface area is 180 Å². The molecule has 0 saturated heterocycles. The molecular formula is C23H26N4O2S. The second kappa shape index (κ2) is 9.56. The van der Waals surface area contributed by atoms with Gasteiger partial charge in [0.25, 0.3) is 5.91 Å². The van der Waals surface area contributed by atoms with Gasteiger partial charge in [-0.25, -0.2) is 0 Å². The highest BCUT2D eigenvalue weighted by atomic mass is 32.1. The van der Waals surface area contributed by atoms with E-state index in [0.29, 0.717) is 23.5 Å². The van der Waals surface area contributed by atoms with E-state index in [1.807, 2.05) is 60.1 Å². The number of nitrogens with zero attached hydrogens (tertiary/aromatic N) is 1. The highest BCUT2D eigenvalue weighted by molar-refractivity contribution is 7.08. The minimum atomic E-state index is -0.306. The lowest BCUT2D eigenvalue weighted by molar-refractivity contribution is -0.122. The van der Waals surface area contributed by atoms with Crippen LogP contribution >= 0.6 is 11.3 Å². The van der Waals surface area contributed by atoms with E-state index >= 15 is 0 Å². The first kappa shape index (κ1) is 21.5. The predicted octanol–water partition coefficient (Wildman–Crippen LogP) is 3.64. The van der Waals surface area contributed by atoms with Crippen LogP contribution in [-0.4, -0.2) is 44.4 Å².